The summed E-state index contributed by atoms with van der Waals surface area (Å²) in [5.41, 5.74) is -0.936. The quantitative estimate of drug-likeness (QED) is 0.334. The fraction of sp³-hybridized carbons (Fsp3) is 0.611. The molecule has 0 aliphatic rings. The molecule has 0 unspecified atom stereocenters. The van der Waals surface area contributed by atoms with E-state index in [2.05, 4.69) is 20.6 Å². The van der Waals surface area contributed by atoms with Crippen LogP contribution in [0.1, 0.15) is 32.8 Å². The fourth-order valence-electron chi connectivity index (χ4n) is 2.34. The van der Waals surface area contributed by atoms with Crippen LogP contribution in [0.4, 0.5) is 13.2 Å². The number of pyridine rings is 1. The second kappa shape index (κ2) is 12.4. The number of ether oxygens (including phenoxy) is 1. The molecule has 0 bridgehead atoms. The Kier molecular flexibility index (Phi) is 10.6. The smallest absolute Gasteiger partial charge is 0.417 e. The van der Waals surface area contributed by atoms with Crippen molar-refractivity contribution in [2.45, 2.75) is 33.4 Å². The van der Waals surface area contributed by atoms with E-state index in [1.165, 1.54) is 0 Å². The predicted molar refractivity (Wildman–Crippen MR) is 106 cm³/mol. The van der Waals surface area contributed by atoms with Crippen LogP contribution in [-0.4, -0.2) is 61.1 Å². The zero-order valence-corrected chi connectivity index (χ0v) is 17.5. The lowest BCUT2D eigenvalue weighted by atomic mass is 10.3. The Morgan fingerprint density at radius 3 is 2.52 bits per heavy atom. The molecule has 1 amide bonds. The van der Waals surface area contributed by atoms with E-state index >= 15 is 0 Å². The third-order valence-electron chi connectivity index (χ3n) is 3.82. The second-order valence-corrected chi connectivity index (χ2v) is 6.27. The number of nitrogens with one attached hydrogen (secondary N) is 2. The van der Waals surface area contributed by atoms with Gasteiger partial charge in [-0.15, -0.1) is 0 Å². The molecule has 0 saturated carbocycles. The number of carbonyl (C=O) groups excluding carboxylic acids is 1. The maximum absolute atomic E-state index is 12.6. The molecule has 0 fully saturated rings. The van der Waals surface area contributed by atoms with E-state index in [0.29, 0.717) is 51.3 Å². The van der Waals surface area contributed by atoms with E-state index < -0.39 is 11.7 Å². The minimum Gasteiger partial charge on any atom is -0.475 e. The molecular weight excluding hydrogens is 411 g/mol. The van der Waals surface area contributed by atoms with Crippen molar-refractivity contribution >= 4 is 23.5 Å². The first kappa shape index (κ1) is 24.8. The summed E-state index contributed by atoms with van der Waals surface area (Å²) in [5, 5.41) is 5.84. The van der Waals surface area contributed by atoms with Crippen molar-refractivity contribution in [3.8, 4) is 5.88 Å². The lowest BCUT2D eigenvalue weighted by molar-refractivity contribution is -0.137. The van der Waals surface area contributed by atoms with Gasteiger partial charge in [-0.25, -0.2) is 4.98 Å². The Labute approximate surface area is 173 Å². The molecule has 0 atom stereocenters. The minimum absolute atomic E-state index is 0.0425. The van der Waals surface area contributed by atoms with E-state index in [0.717, 1.165) is 6.07 Å². The van der Waals surface area contributed by atoms with Crippen LogP contribution in [0.25, 0.3) is 0 Å². The van der Waals surface area contributed by atoms with Crippen LogP contribution in [0.5, 0.6) is 5.88 Å². The lowest BCUT2D eigenvalue weighted by Gasteiger charge is -2.18. The number of alkyl halides is 3. The van der Waals surface area contributed by atoms with Crippen molar-refractivity contribution in [1.29, 1.82) is 0 Å². The van der Waals surface area contributed by atoms with Gasteiger partial charge in [-0.1, -0.05) is 11.6 Å². The number of hydrogen-bond acceptors (Lipinski definition) is 4. The molecule has 1 rings (SSSR count). The van der Waals surface area contributed by atoms with Crippen LogP contribution in [0.15, 0.2) is 17.3 Å². The Balaban J connectivity index is 2.49. The van der Waals surface area contributed by atoms with Gasteiger partial charge < -0.3 is 20.3 Å². The molecule has 0 radical (unpaired) electrons. The molecule has 29 heavy (non-hydrogen) atoms. The first-order valence-corrected chi connectivity index (χ1v) is 9.76. The summed E-state index contributed by atoms with van der Waals surface area (Å²) in [5.74, 6) is 0.476. The van der Waals surface area contributed by atoms with Crippen molar-refractivity contribution in [3.63, 3.8) is 0 Å². The predicted octanol–water partition coefficient (Wildman–Crippen LogP) is 2.95. The number of halogens is 4. The van der Waals surface area contributed by atoms with E-state index in [9.17, 15) is 18.0 Å². The Morgan fingerprint density at radius 1 is 1.28 bits per heavy atom. The highest BCUT2D eigenvalue weighted by Gasteiger charge is 2.31. The van der Waals surface area contributed by atoms with Crippen molar-refractivity contribution in [2.75, 3.05) is 39.3 Å². The molecule has 0 aromatic carbocycles. The molecule has 0 saturated heterocycles. The third kappa shape index (κ3) is 8.76. The minimum atomic E-state index is -4.51. The van der Waals surface area contributed by atoms with Gasteiger partial charge in [0.1, 0.15) is 11.6 Å². The zero-order valence-electron chi connectivity index (χ0n) is 16.8. The molecular formula is C18H27ClF3N5O2. The highest BCUT2D eigenvalue weighted by molar-refractivity contribution is 6.31. The van der Waals surface area contributed by atoms with Gasteiger partial charge in [-0.05, 0) is 26.8 Å². The van der Waals surface area contributed by atoms with Crippen LogP contribution in [0.3, 0.4) is 0 Å². The van der Waals surface area contributed by atoms with Gasteiger partial charge in [0.25, 0.3) is 0 Å². The molecule has 0 spiro atoms. The summed E-state index contributed by atoms with van der Waals surface area (Å²) >= 11 is 5.79. The van der Waals surface area contributed by atoms with Gasteiger partial charge in [-0.2, -0.15) is 13.2 Å². The Hall–Kier alpha value is -2.23. The highest BCUT2D eigenvalue weighted by Crippen LogP contribution is 2.32. The van der Waals surface area contributed by atoms with E-state index in [4.69, 9.17) is 16.3 Å². The van der Waals surface area contributed by atoms with Crippen molar-refractivity contribution in [1.82, 2.24) is 20.5 Å². The molecule has 0 aliphatic heterocycles. The summed E-state index contributed by atoms with van der Waals surface area (Å²) in [6.45, 7) is 8.46. The van der Waals surface area contributed by atoms with Crippen molar-refractivity contribution in [2.24, 2.45) is 4.99 Å². The number of aromatic nitrogens is 1. The van der Waals surface area contributed by atoms with Gasteiger partial charge in [0, 0.05) is 32.3 Å². The molecule has 1 heterocycles. The van der Waals surface area contributed by atoms with Gasteiger partial charge >= 0.3 is 6.18 Å². The maximum Gasteiger partial charge on any atom is 0.417 e. The maximum atomic E-state index is 12.6. The first-order chi connectivity index (χ1) is 13.7. The monoisotopic (exact) mass is 437 g/mol. The molecule has 11 heteroatoms. The van der Waals surface area contributed by atoms with Gasteiger partial charge in [-0.3, -0.25) is 9.79 Å². The topological polar surface area (TPSA) is 78.9 Å². The Bertz CT molecular complexity index is 682. The largest absolute Gasteiger partial charge is 0.475 e. The first-order valence-electron chi connectivity index (χ1n) is 9.38. The molecule has 164 valence electrons. The SMILES string of the molecule is CCNC(=NCCC(=O)N(CC)CC)NCCOc1ncc(C(F)(F)F)cc1Cl. The number of rotatable bonds is 10. The van der Waals surface area contributed by atoms with Crippen LogP contribution in [-0.2, 0) is 11.0 Å². The second-order valence-electron chi connectivity index (χ2n) is 5.86. The van der Waals surface area contributed by atoms with Crippen molar-refractivity contribution < 1.29 is 22.7 Å². The van der Waals surface area contributed by atoms with E-state index in [1.807, 2.05) is 20.8 Å². The molecule has 2 N–H and O–H groups in total. The summed E-state index contributed by atoms with van der Waals surface area (Å²) < 4.78 is 43.2. The standard InChI is InChI=1S/C18H27ClF3N5O2/c1-4-23-17(24-8-7-15(28)27(5-2)6-3)25-9-10-29-16-14(19)11-13(12-26-16)18(20,21)22/h11-12H,4-10H2,1-3H3,(H2,23,24,25). The summed E-state index contributed by atoms with van der Waals surface area (Å²) in [4.78, 5) is 21.7. The van der Waals surface area contributed by atoms with E-state index in [1.54, 1.807) is 4.90 Å². The number of hydrogen-bond donors (Lipinski definition) is 2. The van der Waals surface area contributed by atoms with Crippen LogP contribution < -0.4 is 15.4 Å². The molecule has 7 nitrogen and oxygen atoms in total. The number of carbonyl (C=O) groups is 1. The normalized spacial score (nSPS) is 11.9. The van der Waals surface area contributed by atoms with Crippen LogP contribution in [0, 0.1) is 0 Å². The highest BCUT2D eigenvalue weighted by atomic mass is 35.5. The average molecular weight is 438 g/mol. The summed E-state index contributed by atoms with van der Waals surface area (Å²) in [6.07, 6.45) is -3.53. The Morgan fingerprint density at radius 2 is 1.97 bits per heavy atom. The number of aliphatic imine (C=N–C) groups is 1. The third-order valence-corrected chi connectivity index (χ3v) is 4.09. The number of guanidine groups is 1. The number of amides is 1. The molecule has 1 aromatic rings. The lowest BCUT2D eigenvalue weighted by Crippen LogP contribution is -2.39. The summed E-state index contributed by atoms with van der Waals surface area (Å²) in [7, 11) is 0. The fourth-order valence-corrected chi connectivity index (χ4v) is 2.56. The van der Waals surface area contributed by atoms with Gasteiger partial charge in [0.15, 0.2) is 5.96 Å². The van der Waals surface area contributed by atoms with Crippen LogP contribution in [0.2, 0.25) is 5.02 Å². The molecule has 1 aromatic heterocycles. The molecule has 0 aliphatic carbocycles. The average Bonchev–Trinajstić information content (AvgIpc) is 2.66. The summed E-state index contributed by atoms with van der Waals surface area (Å²) in [6, 6.07) is 0.774. The van der Waals surface area contributed by atoms with E-state index in [-0.39, 0.29) is 23.4 Å². The van der Waals surface area contributed by atoms with Gasteiger partial charge in [0.05, 0.1) is 18.7 Å². The van der Waals surface area contributed by atoms with Gasteiger partial charge in [0.2, 0.25) is 11.8 Å². The van der Waals surface area contributed by atoms with Crippen LogP contribution >= 0.6 is 11.6 Å². The zero-order chi connectivity index (χ0) is 21.9. The van der Waals surface area contributed by atoms with Crippen molar-refractivity contribution in [3.05, 3.63) is 22.8 Å². The number of nitrogens with zero attached hydrogens (tertiary/aromatic N) is 3.